The van der Waals surface area contributed by atoms with Gasteiger partial charge in [0.2, 0.25) is 0 Å². The summed E-state index contributed by atoms with van der Waals surface area (Å²) in [6.45, 7) is 1.01. The Labute approximate surface area is 92.7 Å². The van der Waals surface area contributed by atoms with Crippen LogP contribution in [0.1, 0.15) is 25.3 Å². The molecule has 3 nitrogen and oxygen atoms in total. The van der Waals surface area contributed by atoms with E-state index in [0.717, 1.165) is 0 Å². The molecule has 0 spiro atoms. The first-order valence-electron chi connectivity index (χ1n) is 5.11. The zero-order valence-electron chi connectivity index (χ0n) is 9.32. The third-order valence-electron chi connectivity index (χ3n) is 2.25. The maximum atomic E-state index is 11.8. The van der Waals surface area contributed by atoms with Gasteiger partial charge in [0, 0.05) is 18.3 Å². The lowest BCUT2D eigenvalue weighted by Gasteiger charge is -2.10. The van der Waals surface area contributed by atoms with Crippen molar-refractivity contribution < 1.29 is 13.5 Å². The second-order valence-corrected chi connectivity index (χ2v) is 3.75. The summed E-state index contributed by atoms with van der Waals surface area (Å²) in [6.07, 6.45) is 1.57. The van der Waals surface area contributed by atoms with Crippen LogP contribution in [0.25, 0.3) is 0 Å². The lowest BCUT2D eigenvalue weighted by Crippen LogP contribution is -2.25. The monoisotopic (exact) mass is 231 g/mol. The van der Waals surface area contributed by atoms with Crippen LogP contribution < -0.4 is 5.56 Å². The lowest BCUT2D eigenvalue weighted by atomic mass is 10.1. The molecule has 90 valence electrons. The van der Waals surface area contributed by atoms with Gasteiger partial charge in [0.1, 0.15) is 0 Å². The van der Waals surface area contributed by atoms with E-state index in [1.807, 2.05) is 13.8 Å². The van der Waals surface area contributed by atoms with Crippen molar-refractivity contribution in [2.24, 2.45) is 0 Å². The predicted molar refractivity (Wildman–Crippen MR) is 56.7 cm³/mol. The highest BCUT2D eigenvalue weighted by Gasteiger charge is 2.07. The molecular formula is C11H15F2NO2. The largest absolute Gasteiger partial charge is 0.345 e. The number of aromatic nitrogens is 1. The first-order chi connectivity index (χ1) is 7.52. The van der Waals surface area contributed by atoms with Gasteiger partial charge in [-0.25, -0.2) is 0 Å². The van der Waals surface area contributed by atoms with Gasteiger partial charge in [-0.3, -0.25) is 4.79 Å². The topological polar surface area (TPSA) is 31.2 Å². The molecule has 0 radical (unpaired) electrons. The van der Waals surface area contributed by atoms with Gasteiger partial charge in [0.15, 0.2) is 0 Å². The smallest absolute Gasteiger partial charge is 0.321 e. The molecule has 0 bridgehead atoms. The number of ether oxygens (including phenoxy) is 1. The fourth-order valence-corrected chi connectivity index (χ4v) is 1.41. The lowest BCUT2D eigenvalue weighted by molar-refractivity contribution is -0.130. The van der Waals surface area contributed by atoms with Gasteiger partial charge in [-0.1, -0.05) is 19.9 Å². The molecular weight excluding hydrogens is 216 g/mol. The van der Waals surface area contributed by atoms with Crippen molar-refractivity contribution in [1.29, 1.82) is 0 Å². The van der Waals surface area contributed by atoms with Crippen molar-refractivity contribution in [3.05, 3.63) is 34.2 Å². The van der Waals surface area contributed by atoms with E-state index in [-0.39, 0.29) is 24.6 Å². The van der Waals surface area contributed by atoms with Crippen molar-refractivity contribution in [1.82, 2.24) is 4.57 Å². The van der Waals surface area contributed by atoms with Crippen LogP contribution in [-0.4, -0.2) is 17.8 Å². The van der Waals surface area contributed by atoms with Crippen LogP contribution in [0.5, 0.6) is 0 Å². The van der Waals surface area contributed by atoms with E-state index >= 15 is 0 Å². The summed E-state index contributed by atoms with van der Waals surface area (Å²) in [5.74, 6) is 0.121. The van der Waals surface area contributed by atoms with Crippen LogP contribution in [0.2, 0.25) is 0 Å². The number of halogens is 2. The summed E-state index contributed by atoms with van der Waals surface area (Å²) in [5, 5.41) is 0. The molecule has 0 aliphatic rings. The van der Waals surface area contributed by atoms with Crippen LogP contribution in [0, 0.1) is 0 Å². The fraction of sp³-hybridized carbons (Fsp3) is 0.545. The third-order valence-corrected chi connectivity index (χ3v) is 2.25. The molecule has 1 aromatic heterocycles. The summed E-state index contributed by atoms with van der Waals surface area (Å²) in [6, 6.07) is 3.48. The SMILES string of the molecule is CC(C)c1cccn(CCOC(F)F)c1=O. The van der Waals surface area contributed by atoms with Gasteiger partial charge in [-0.2, -0.15) is 8.78 Å². The van der Waals surface area contributed by atoms with Gasteiger partial charge in [-0.05, 0) is 12.0 Å². The first kappa shape index (κ1) is 12.8. The van der Waals surface area contributed by atoms with E-state index in [2.05, 4.69) is 4.74 Å². The molecule has 0 unspecified atom stereocenters. The van der Waals surface area contributed by atoms with Crippen molar-refractivity contribution in [2.45, 2.75) is 32.9 Å². The van der Waals surface area contributed by atoms with Crippen LogP contribution in [-0.2, 0) is 11.3 Å². The van der Waals surface area contributed by atoms with Gasteiger partial charge in [0.05, 0.1) is 6.61 Å². The Balaban J connectivity index is 2.74. The fourth-order valence-electron chi connectivity index (χ4n) is 1.41. The number of hydrogen-bond acceptors (Lipinski definition) is 2. The molecule has 16 heavy (non-hydrogen) atoms. The van der Waals surface area contributed by atoms with E-state index in [9.17, 15) is 13.6 Å². The quantitative estimate of drug-likeness (QED) is 0.778. The minimum absolute atomic E-state index is 0.121. The number of alkyl halides is 2. The summed E-state index contributed by atoms with van der Waals surface area (Å²) in [5.41, 5.74) is 0.537. The van der Waals surface area contributed by atoms with E-state index in [1.54, 1.807) is 18.3 Å². The zero-order chi connectivity index (χ0) is 12.1. The second kappa shape index (κ2) is 5.75. The summed E-state index contributed by atoms with van der Waals surface area (Å²) >= 11 is 0. The van der Waals surface area contributed by atoms with Crippen LogP contribution in [0.4, 0.5) is 8.78 Å². The average molecular weight is 231 g/mol. The highest BCUT2D eigenvalue weighted by molar-refractivity contribution is 5.14. The van der Waals surface area contributed by atoms with Crippen molar-refractivity contribution in [2.75, 3.05) is 6.61 Å². The highest BCUT2D eigenvalue weighted by Crippen LogP contribution is 2.08. The van der Waals surface area contributed by atoms with Crippen molar-refractivity contribution in [3.63, 3.8) is 0 Å². The standard InChI is InChI=1S/C11H15F2NO2/c1-8(2)9-4-3-5-14(10(9)15)6-7-16-11(12)13/h3-5,8,11H,6-7H2,1-2H3. The third kappa shape index (κ3) is 3.41. The van der Waals surface area contributed by atoms with Gasteiger partial charge in [0.25, 0.3) is 5.56 Å². The zero-order valence-corrected chi connectivity index (χ0v) is 9.32. The number of pyridine rings is 1. The number of hydrogen-bond donors (Lipinski definition) is 0. The molecule has 0 aliphatic carbocycles. The molecule has 5 heteroatoms. The molecule has 0 aliphatic heterocycles. The number of rotatable bonds is 5. The normalized spacial score (nSPS) is 11.4. The molecule has 0 saturated heterocycles. The van der Waals surface area contributed by atoms with Crippen LogP contribution in [0.3, 0.4) is 0 Å². The highest BCUT2D eigenvalue weighted by atomic mass is 19.3. The second-order valence-electron chi connectivity index (χ2n) is 3.75. The Kier molecular flexibility index (Phi) is 4.61. The van der Waals surface area contributed by atoms with Gasteiger partial charge in [-0.15, -0.1) is 0 Å². The van der Waals surface area contributed by atoms with E-state index in [0.29, 0.717) is 5.56 Å². The Morgan fingerprint density at radius 3 is 2.69 bits per heavy atom. The van der Waals surface area contributed by atoms with Crippen LogP contribution in [0.15, 0.2) is 23.1 Å². The maximum Gasteiger partial charge on any atom is 0.345 e. The Morgan fingerprint density at radius 2 is 2.12 bits per heavy atom. The Bertz CT molecular complexity index is 388. The Morgan fingerprint density at radius 1 is 1.44 bits per heavy atom. The van der Waals surface area contributed by atoms with Gasteiger partial charge >= 0.3 is 6.61 Å². The minimum atomic E-state index is -2.79. The molecule has 0 aromatic carbocycles. The van der Waals surface area contributed by atoms with Gasteiger partial charge < -0.3 is 9.30 Å². The predicted octanol–water partition coefficient (Wildman–Crippen LogP) is 2.21. The minimum Gasteiger partial charge on any atom is -0.321 e. The van der Waals surface area contributed by atoms with E-state index in [4.69, 9.17) is 0 Å². The molecule has 0 fully saturated rings. The molecule has 0 N–H and O–H groups in total. The molecule has 1 heterocycles. The molecule has 0 saturated carbocycles. The van der Waals surface area contributed by atoms with Crippen molar-refractivity contribution in [3.8, 4) is 0 Å². The molecule has 1 rings (SSSR count). The maximum absolute atomic E-state index is 11.8. The summed E-state index contributed by atoms with van der Waals surface area (Å²) in [4.78, 5) is 11.8. The summed E-state index contributed by atoms with van der Waals surface area (Å²) in [7, 11) is 0. The van der Waals surface area contributed by atoms with E-state index in [1.165, 1.54) is 4.57 Å². The van der Waals surface area contributed by atoms with E-state index < -0.39 is 6.61 Å². The first-order valence-corrected chi connectivity index (χ1v) is 5.11. The molecule has 0 atom stereocenters. The van der Waals surface area contributed by atoms with Crippen molar-refractivity contribution >= 4 is 0 Å². The molecule has 0 amide bonds. The Hall–Kier alpha value is -1.23. The average Bonchev–Trinajstić information content (AvgIpc) is 2.19. The van der Waals surface area contributed by atoms with Crippen LogP contribution >= 0.6 is 0 Å². The summed E-state index contributed by atoms with van der Waals surface area (Å²) < 4.78 is 29.0. The molecule has 1 aromatic rings. The number of nitrogens with zero attached hydrogens (tertiary/aromatic N) is 1.